The van der Waals surface area contributed by atoms with Gasteiger partial charge in [0.15, 0.2) is 35.7 Å². The van der Waals surface area contributed by atoms with Gasteiger partial charge in [-0.15, -0.1) is 0 Å². The topological polar surface area (TPSA) is 129 Å². The number of hydrogen-bond acceptors (Lipinski definition) is 9. The molecule has 14 heteroatoms. The maximum Gasteiger partial charge on any atom is 0.315 e. The molecule has 6 rings (SSSR count). The van der Waals surface area contributed by atoms with E-state index in [1.54, 1.807) is 21.3 Å². The maximum absolute atomic E-state index is 12.2. The van der Waals surface area contributed by atoms with Crippen LogP contribution < -0.4 is 51.9 Å². The maximum atomic E-state index is 12.2. The summed E-state index contributed by atoms with van der Waals surface area (Å²) in [6.07, 6.45) is 6.33. The number of benzene rings is 2. The van der Waals surface area contributed by atoms with Crippen LogP contribution in [0.5, 0.6) is 23.0 Å². The minimum Gasteiger partial charge on any atom is -1.00 e. The first-order valence-electron chi connectivity index (χ1n) is 17.0. The smallest absolute Gasteiger partial charge is 0.315 e. The number of aryl methyl sites for hydroxylation is 2. The Morgan fingerprint density at radius 2 is 1.70 bits per heavy atom. The van der Waals surface area contributed by atoms with Crippen LogP contribution in [0, 0.1) is 0 Å². The van der Waals surface area contributed by atoms with Crippen LogP contribution in [-0.4, -0.2) is 95.9 Å². The highest BCUT2D eigenvalue weighted by atomic mass is 35.5. The number of nitrogens with zero attached hydrogens (tertiary/aromatic N) is 1. The largest absolute Gasteiger partial charge is 1.00 e. The van der Waals surface area contributed by atoms with E-state index in [1.807, 2.05) is 30.0 Å². The van der Waals surface area contributed by atoms with Crippen molar-refractivity contribution in [2.24, 2.45) is 0 Å². The minimum absolute atomic E-state index is 0. The SMILES string of the molecule is COc1cc2c(cc1OC)-c1cc3ccc(OC)c(OCCOCCOCCNC(=O)CCCC[C@@H]4SC[C@@H]5NC(=O)N[C@@H]54)c3c[n+]1CC2.[Cl-]. The van der Waals surface area contributed by atoms with Crippen LogP contribution in [0.4, 0.5) is 4.79 Å². The number of amides is 3. The van der Waals surface area contributed by atoms with Crippen LogP contribution in [-0.2, 0) is 27.2 Å². The van der Waals surface area contributed by atoms with Gasteiger partial charge in [0.25, 0.3) is 0 Å². The Kier molecular flexibility index (Phi) is 13.6. The number of methoxy groups -OCH3 is 3. The van der Waals surface area contributed by atoms with Crippen molar-refractivity contribution < 1.29 is 55.0 Å². The molecule has 1 aromatic heterocycles. The normalized spacial score (nSPS) is 18.6. The van der Waals surface area contributed by atoms with Gasteiger partial charge < -0.3 is 56.8 Å². The zero-order valence-electron chi connectivity index (χ0n) is 28.9. The number of carbonyl (C=O) groups is 2. The molecule has 0 spiro atoms. The average Bonchev–Trinajstić information content (AvgIpc) is 3.68. The zero-order valence-corrected chi connectivity index (χ0v) is 30.5. The van der Waals surface area contributed by atoms with Crippen LogP contribution in [0.25, 0.3) is 22.0 Å². The lowest BCUT2D eigenvalue weighted by Gasteiger charge is -2.19. The molecule has 3 aromatic rings. The van der Waals surface area contributed by atoms with E-state index in [2.05, 4.69) is 38.8 Å². The zero-order chi connectivity index (χ0) is 34.2. The minimum atomic E-state index is -0.0603. The Bertz CT molecular complexity index is 1650. The molecule has 3 atom stereocenters. The summed E-state index contributed by atoms with van der Waals surface area (Å²) in [4.78, 5) is 23.7. The lowest BCUT2D eigenvalue weighted by atomic mass is 9.95. The fourth-order valence-corrected chi connectivity index (χ4v) is 8.34. The molecule has 12 nitrogen and oxygen atoms in total. The first kappa shape index (κ1) is 37.6. The highest BCUT2D eigenvalue weighted by molar-refractivity contribution is 8.00. The fourth-order valence-electron chi connectivity index (χ4n) is 6.79. The van der Waals surface area contributed by atoms with Gasteiger partial charge in [-0.05, 0) is 48.1 Å². The molecule has 3 aliphatic heterocycles. The van der Waals surface area contributed by atoms with Gasteiger partial charge in [-0.2, -0.15) is 16.3 Å². The van der Waals surface area contributed by atoms with Gasteiger partial charge in [0, 0.05) is 36.5 Å². The molecule has 0 unspecified atom stereocenters. The van der Waals surface area contributed by atoms with Gasteiger partial charge in [-0.25, -0.2) is 4.79 Å². The Hall–Kier alpha value is -3.65. The highest BCUT2D eigenvalue weighted by Crippen LogP contribution is 2.40. The molecule has 0 radical (unpaired) electrons. The molecule has 0 aliphatic carbocycles. The second-order valence-corrected chi connectivity index (χ2v) is 13.6. The first-order chi connectivity index (χ1) is 24.0. The molecule has 2 aromatic carbocycles. The molecule has 50 heavy (non-hydrogen) atoms. The van der Waals surface area contributed by atoms with E-state index in [-0.39, 0.29) is 36.4 Å². The van der Waals surface area contributed by atoms with Gasteiger partial charge in [-0.3, -0.25) is 4.79 Å². The van der Waals surface area contributed by atoms with Crippen molar-refractivity contribution in [2.45, 2.75) is 56.0 Å². The highest BCUT2D eigenvalue weighted by Gasteiger charge is 2.42. The monoisotopic (exact) mass is 730 g/mol. The molecular formula is C36H47ClN4O8S. The number of pyridine rings is 1. The van der Waals surface area contributed by atoms with Crippen LogP contribution in [0.1, 0.15) is 31.2 Å². The molecule has 2 saturated heterocycles. The first-order valence-corrected chi connectivity index (χ1v) is 18.1. The number of rotatable bonds is 18. The van der Waals surface area contributed by atoms with Crippen molar-refractivity contribution in [1.82, 2.24) is 16.0 Å². The van der Waals surface area contributed by atoms with E-state index in [1.165, 1.54) is 5.56 Å². The van der Waals surface area contributed by atoms with E-state index in [0.717, 1.165) is 65.8 Å². The molecule has 0 bridgehead atoms. The second kappa shape index (κ2) is 18.0. The Labute approximate surface area is 303 Å². The van der Waals surface area contributed by atoms with Gasteiger partial charge in [0.2, 0.25) is 11.6 Å². The number of hydrogen-bond donors (Lipinski definition) is 3. The Balaban J connectivity index is 0.00000486. The number of ether oxygens (including phenoxy) is 6. The average molecular weight is 731 g/mol. The lowest BCUT2D eigenvalue weighted by Crippen LogP contribution is -3.00. The number of thioether (sulfide) groups is 1. The number of nitrogens with one attached hydrogen (secondary N) is 3. The van der Waals surface area contributed by atoms with Crippen molar-refractivity contribution in [3.8, 4) is 34.3 Å². The molecule has 2 fully saturated rings. The van der Waals surface area contributed by atoms with Crippen molar-refractivity contribution in [2.75, 3.05) is 66.7 Å². The standard InChI is InChI=1S/C36H46N4O8S.ClH/c1-43-29-9-8-23-18-28-25-20-31(45-3)30(44-2)19-24(25)10-12-40(28)21-26(23)35(29)48-17-16-47-15-14-46-13-11-37-33(41)7-5-4-6-32-34-27(22-49-32)38-36(42)39-34;/h8-9,18-21,27,32,34H,4-7,10-17,22H2,1-3H3,(H2-,37,38,39,41,42);1H/t27-,32-,34-;/m0./s1. The third-order valence-electron chi connectivity index (χ3n) is 9.30. The molecule has 4 heterocycles. The van der Waals surface area contributed by atoms with E-state index in [4.69, 9.17) is 28.4 Å². The van der Waals surface area contributed by atoms with Crippen LogP contribution in [0.15, 0.2) is 36.5 Å². The van der Waals surface area contributed by atoms with E-state index >= 15 is 0 Å². The van der Waals surface area contributed by atoms with Crippen molar-refractivity contribution in [1.29, 1.82) is 0 Å². The molecule has 3 aliphatic rings. The number of urea groups is 1. The summed E-state index contributed by atoms with van der Waals surface area (Å²) in [5.74, 6) is 3.81. The third kappa shape index (κ3) is 8.79. The van der Waals surface area contributed by atoms with Crippen molar-refractivity contribution >= 4 is 34.5 Å². The Morgan fingerprint density at radius 3 is 2.50 bits per heavy atom. The van der Waals surface area contributed by atoms with E-state index < -0.39 is 0 Å². The summed E-state index contributed by atoms with van der Waals surface area (Å²) >= 11 is 1.90. The summed E-state index contributed by atoms with van der Waals surface area (Å²) in [6.45, 7) is 3.35. The summed E-state index contributed by atoms with van der Waals surface area (Å²) in [5, 5.41) is 11.3. The van der Waals surface area contributed by atoms with Gasteiger partial charge in [0.1, 0.15) is 6.61 Å². The number of aromatic nitrogens is 1. The second-order valence-electron chi connectivity index (χ2n) is 12.4. The fraction of sp³-hybridized carbons (Fsp3) is 0.528. The van der Waals surface area contributed by atoms with Gasteiger partial charge in [-0.1, -0.05) is 6.42 Å². The van der Waals surface area contributed by atoms with Gasteiger partial charge in [0.05, 0.1) is 70.8 Å². The summed E-state index contributed by atoms with van der Waals surface area (Å²) in [5.41, 5.74) is 3.47. The molecular weight excluding hydrogens is 684 g/mol. The van der Waals surface area contributed by atoms with Crippen molar-refractivity contribution in [3.63, 3.8) is 0 Å². The molecule has 0 saturated carbocycles. The van der Waals surface area contributed by atoms with E-state index in [0.29, 0.717) is 68.5 Å². The van der Waals surface area contributed by atoms with E-state index in [9.17, 15) is 9.59 Å². The molecule has 3 N–H and O–H groups in total. The lowest BCUT2D eigenvalue weighted by molar-refractivity contribution is -0.686. The molecule has 3 amide bonds. The van der Waals surface area contributed by atoms with Crippen LogP contribution in [0.3, 0.4) is 0 Å². The predicted octanol–water partition coefficient (Wildman–Crippen LogP) is 0.634. The summed E-state index contributed by atoms with van der Waals surface area (Å²) in [7, 11) is 4.96. The molecule has 272 valence electrons. The van der Waals surface area contributed by atoms with Gasteiger partial charge >= 0.3 is 6.03 Å². The van der Waals surface area contributed by atoms with Crippen molar-refractivity contribution in [3.05, 3.63) is 42.1 Å². The predicted molar refractivity (Wildman–Crippen MR) is 187 cm³/mol. The summed E-state index contributed by atoms with van der Waals surface area (Å²) < 4.78 is 36.6. The number of halogens is 1. The quantitative estimate of drug-likeness (QED) is 0.0982. The van der Waals surface area contributed by atoms with Crippen LogP contribution >= 0.6 is 11.8 Å². The number of fused-ring (bicyclic) bond motifs is 5. The third-order valence-corrected chi connectivity index (χ3v) is 10.8. The van der Waals surface area contributed by atoms with Crippen LogP contribution in [0.2, 0.25) is 0 Å². The Morgan fingerprint density at radius 1 is 0.940 bits per heavy atom. The number of carbonyl (C=O) groups excluding carboxylic acids is 2. The summed E-state index contributed by atoms with van der Waals surface area (Å²) in [6, 6.07) is 10.7. The number of unbranched alkanes of at least 4 members (excludes halogenated alkanes) is 1.